The first-order valence-corrected chi connectivity index (χ1v) is 9.71. The molecule has 3 rings (SSSR count). The molecule has 7 heteroatoms. The number of benzene rings is 2. The third-order valence-corrected chi connectivity index (χ3v) is 5.11. The number of nitrogens with zero attached hydrogens (tertiary/aromatic N) is 2. The molecule has 2 aromatic carbocycles. The van der Waals surface area contributed by atoms with E-state index in [1.807, 2.05) is 44.2 Å². The van der Waals surface area contributed by atoms with E-state index in [1.54, 1.807) is 19.1 Å². The summed E-state index contributed by atoms with van der Waals surface area (Å²) in [6.45, 7) is 5.22. The molecule has 0 saturated carbocycles. The monoisotopic (exact) mass is 396 g/mol. The fraction of sp³-hybridized carbons (Fsp3) is 0.238. The van der Waals surface area contributed by atoms with Crippen LogP contribution in [0.15, 0.2) is 51.9 Å². The van der Waals surface area contributed by atoms with Crippen molar-refractivity contribution < 1.29 is 18.8 Å². The smallest absolute Gasteiger partial charge is 0.339 e. The van der Waals surface area contributed by atoms with Crippen molar-refractivity contribution in [1.82, 2.24) is 10.1 Å². The molecular weight excluding hydrogens is 376 g/mol. The van der Waals surface area contributed by atoms with Crippen molar-refractivity contribution in [1.29, 1.82) is 0 Å². The molecule has 0 aliphatic carbocycles. The maximum atomic E-state index is 12.5. The largest absolute Gasteiger partial charge is 0.454 e. The summed E-state index contributed by atoms with van der Waals surface area (Å²) in [6, 6.07) is 12.7. The number of carbonyl (C=O) groups excluding carboxylic acids is 2. The van der Waals surface area contributed by atoms with Crippen LogP contribution >= 0.6 is 11.8 Å². The minimum absolute atomic E-state index is 0.221. The Hall–Kier alpha value is -2.93. The highest BCUT2D eigenvalue weighted by atomic mass is 32.2. The van der Waals surface area contributed by atoms with Crippen LogP contribution in [0.2, 0.25) is 0 Å². The van der Waals surface area contributed by atoms with Crippen molar-refractivity contribution in [3.8, 4) is 0 Å². The Morgan fingerprint density at radius 3 is 2.61 bits per heavy atom. The summed E-state index contributed by atoms with van der Waals surface area (Å²) in [6.07, 6.45) is 0. The summed E-state index contributed by atoms with van der Waals surface area (Å²) in [7, 11) is 0. The number of carbonyl (C=O) groups is 2. The number of ether oxygens (including phenoxy) is 1. The zero-order chi connectivity index (χ0) is 20.1. The summed E-state index contributed by atoms with van der Waals surface area (Å²) in [5, 5.41) is 3.75. The first kappa shape index (κ1) is 19.8. The van der Waals surface area contributed by atoms with Gasteiger partial charge in [0.05, 0.1) is 11.3 Å². The van der Waals surface area contributed by atoms with E-state index in [4.69, 9.17) is 9.26 Å². The molecule has 1 aromatic heterocycles. The molecule has 0 spiro atoms. The number of esters is 1. The summed E-state index contributed by atoms with van der Waals surface area (Å²) >= 11 is 1.39. The number of rotatable bonds is 7. The molecule has 0 unspecified atom stereocenters. The molecule has 144 valence electrons. The summed E-state index contributed by atoms with van der Waals surface area (Å²) < 4.78 is 10.4. The van der Waals surface area contributed by atoms with Crippen LogP contribution in [0.4, 0.5) is 0 Å². The van der Waals surface area contributed by atoms with Gasteiger partial charge in [0.1, 0.15) is 0 Å². The van der Waals surface area contributed by atoms with Crippen LogP contribution in [0.5, 0.6) is 0 Å². The minimum Gasteiger partial charge on any atom is -0.454 e. The van der Waals surface area contributed by atoms with Crippen molar-refractivity contribution in [2.75, 3.05) is 6.61 Å². The van der Waals surface area contributed by atoms with Crippen LogP contribution in [-0.2, 0) is 10.5 Å². The first-order valence-electron chi connectivity index (χ1n) is 8.72. The van der Waals surface area contributed by atoms with Gasteiger partial charge in [-0.1, -0.05) is 35.0 Å². The number of ketones is 1. The van der Waals surface area contributed by atoms with Crippen molar-refractivity contribution in [3.63, 3.8) is 0 Å². The fourth-order valence-electron chi connectivity index (χ4n) is 2.62. The van der Waals surface area contributed by atoms with Gasteiger partial charge in [0, 0.05) is 10.5 Å². The van der Waals surface area contributed by atoms with E-state index in [0.717, 1.165) is 16.0 Å². The third-order valence-electron chi connectivity index (χ3n) is 4.06. The highest BCUT2D eigenvalue weighted by Gasteiger charge is 2.17. The SMILES string of the molecule is Cc1ccc(C)c(C(=O)COC(=O)c2ccccc2SCc2nc(C)no2)c1. The minimum atomic E-state index is -0.538. The Bertz CT molecular complexity index is 1010. The molecule has 0 fully saturated rings. The second-order valence-corrected chi connectivity index (χ2v) is 7.36. The van der Waals surface area contributed by atoms with Crippen LogP contribution in [0.3, 0.4) is 0 Å². The van der Waals surface area contributed by atoms with Crippen molar-refractivity contribution in [2.45, 2.75) is 31.4 Å². The molecule has 0 saturated heterocycles. The molecule has 0 aliphatic rings. The van der Waals surface area contributed by atoms with E-state index in [9.17, 15) is 9.59 Å². The third kappa shape index (κ3) is 4.86. The van der Waals surface area contributed by atoms with Gasteiger partial charge in [-0.2, -0.15) is 4.98 Å². The molecule has 28 heavy (non-hydrogen) atoms. The summed E-state index contributed by atoms with van der Waals surface area (Å²) in [5.41, 5.74) is 2.82. The second-order valence-electron chi connectivity index (χ2n) is 6.34. The summed E-state index contributed by atoms with van der Waals surface area (Å²) in [4.78, 5) is 29.8. The van der Waals surface area contributed by atoms with E-state index in [1.165, 1.54) is 11.8 Å². The van der Waals surface area contributed by atoms with Crippen LogP contribution in [-0.4, -0.2) is 28.5 Å². The van der Waals surface area contributed by atoms with E-state index >= 15 is 0 Å². The number of hydrogen-bond acceptors (Lipinski definition) is 7. The van der Waals surface area contributed by atoms with Gasteiger partial charge < -0.3 is 9.26 Å². The van der Waals surface area contributed by atoms with Crippen LogP contribution in [0, 0.1) is 20.8 Å². The zero-order valence-electron chi connectivity index (χ0n) is 15.9. The molecule has 0 aliphatic heterocycles. The molecule has 0 atom stereocenters. The van der Waals surface area contributed by atoms with Gasteiger partial charge in [0.25, 0.3) is 0 Å². The topological polar surface area (TPSA) is 82.3 Å². The standard InChI is InChI=1S/C21H20N2O4S/c1-13-8-9-14(2)17(10-13)18(24)11-26-21(25)16-6-4-5-7-19(16)28-12-20-22-15(3)23-27-20/h4-10H,11-12H2,1-3H3. The summed E-state index contributed by atoms with van der Waals surface area (Å²) in [5.74, 6) is 0.723. The predicted octanol–water partition coefficient (Wildman–Crippen LogP) is 4.33. The van der Waals surface area contributed by atoms with Crippen LogP contribution in [0.25, 0.3) is 0 Å². The molecule has 0 N–H and O–H groups in total. The lowest BCUT2D eigenvalue weighted by molar-refractivity contribution is 0.0471. The van der Waals surface area contributed by atoms with Gasteiger partial charge >= 0.3 is 5.97 Å². The zero-order valence-corrected chi connectivity index (χ0v) is 16.7. The maximum absolute atomic E-state index is 12.5. The molecular formula is C21H20N2O4S. The fourth-order valence-corrected chi connectivity index (χ4v) is 3.50. The van der Waals surface area contributed by atoms with Gasteiger partial charge in [-0.15, -0.1) is 11.8 Å². The molecule has 0 radical (unpaired) electrons. The van der Waals surface area contributed by atoms with Gasteiger partial charge in [-0.05, 0) is 44.5 Å². The quantitative estimate of drug-likeness (QED) is 0.334. The number of thioether (sulfide) groups is 1. The molecule has 6 nitrogen and oxygen atoms in total. The molecule has 0 amide bonds. The highest BCUT2D eigenvalue weighted by Crippen LogP contribution is 2.26. The van der Waals surface area contributed by atoms with Crippen LogP contribution in [0.1, 0.15) is 43.6 Å². The van der Waals surface area contributed by atoms with Crippen molar-refractivity contribution in [3.05, 3.63) is 76.4 Å². The van der Waals surface area contributed by atoms with Crippen molar-refractivity contribution >= 4 is 23.5 Å². The second kappa shape index (κ2) is 8.84. The van der Waals surface area contributed by atoms with Crippen molar-refractivity contribution in [2.24, 2.45) is 0 Å². The highest BCUT2D eigenvalue weighted by molar-refractivity contribution is 7.98. The number of aromatic nitrogens is 2. The Balaban J connectivity index is 1.65. The van der Waals surface area contributed by atoms with Gasteiger partial charge in [0.15, 0.2) is 12.4 Å². The molecule has 3 aromatic rings. The Kier molecular flexibility index (Phi) is 6.26. The molecule has 0 bridgehead atoms. The van der Waals surface area contributed by atoms with E-state index in [0.29, 0.717) is 28.6 Å². The normalized spacial score (nSPS) is 10.7. The first-order chi connectivity index (χ1) is 13.4. The number of aryl methyl sites for hydroxylation is 3. The van der Waals surface area contributed by atoms with Crippen LogP contribution < -0.4 is 0 Å². The predicted molar refractivity (Wildman–Crippen MR) is 106 cm³/mol. The van der Waals surface area contributed by atoms with E-state index < -0.39 is 5.97 Å². The average molecular weight is 396 g/mol. The molecule has 1 heterocycles. The lowest BCUT2D eigenvalue weighted by Crippen LogP contribution is -2.16. The van der Waals surface area contributed by atoms with E-state index in [-0.39, 0.29) is 12.4 Å². The van der Waals surface area contributed by atoms with Gasteiger partial charge in [-0.3, -0.25) is 4.79 Å². The lowest BCUT2D eigenvalue weighted by atomic mass is 10.0. The Morgan fingerprint density at radius 1 is 1.07 bits per heavy atom. The Labute approximate surface area is 167 Å². The maximum Gasteiger partial charge on any atom is 0.339 e. The average Bonchev–Trinajstić information content (AvgIpc) is 3.11. The number of Topliss-reactive ketones (excluding diaryl/α,β-unsaturated/α-hetero) is 1. The lowest BCUT2D eigenvalue weighted by Gasteiger charge is -2.10. The van der Waals surface area contributed by atoms with E-state index in [2.05, 4.69) is 10.1 Å². The number of hydrogen-bond donors (Lipinski definition) is 0. The van der Waals surface area contributed by atoms with Gasteiger partial charge in [-0.25, -0.2) is 4.79 Å². The Morgan fingerprint density at radius 2 is 1.86 bits per heavy atom. The van der Waals surface area contributed by atoms with Gasteiger partial charge in [0.2, 0.25) is 11.7 Å².